The summed E-state index contributed by atoms with van der Waals surface area (Å²) in [5.74, 6) is 2.05. The molecule has 3 aromatic heterocycles. The fourth-order valence-corrected chi connectivity index (χ4v) is 2.29. The normalized spacial score (nSPS) is 15.0. The fourth-order valence-electron chi connectivity index (χ4n) is 2.13. The molecule has 0 spiro atoms. The van der Waals surface area contributed by atoms with Crippen molar-refractivity contribution in [2.75, 3.05) is 5.32 Å². The van der Waals surface area contributed by atoms with Crippen molar-refractivity contribution >= 4 is 28.8 Å². The van der Waals surface area contributed by atoms with Gasteiger partial charge in [0.05, 0.1) is 0 Å². The summed E-state index contributed by atoms with van der Waals surface area (Å²) in [7, 11) is 0. The van der Waals surface area contributed by atoms with Crippen molar-refractivity contribution in [1.82, 2.24) is 24.8 Å². The zero-order chi connectivity index (χ0) is 12.8. The summed E-state index contributed by atoms with van der Waals surface area (Å²) in [6.45, 7) is 0. The lowest BCUT2D eigenvalue weighted by Crippen LogP contribution is -2.01. The molecule has 0 radical (unpaired) electrons. The Bertz CT molecular complexity index is 742. The van der Waals surface area contributed by atoms with Gasteiger partial charge in [-0.25, -0.2) is 4.52 Å². The molecule has 1 aliphatic rings. The van der Waals surface area contributed by atoms with E-state index >= 15 is 0 Å². The van der Waals surface area contributed by atoms with Crippen LogP contribution in [-0.2, 0) is 0 Å². The lowest BCUT2D eigenvalue weighted by atomic mass is 10.3. The first-order valence-electron chi connectivity index (χ1n) is 6.13. The number of halogens is 1. The van der Waals surface area contributed by atoms with Crippen LogP contribution < -0.4 is 5.32 Å². The van der Waals surface area contributed by atoms with E-state index in [9.17, 15) is 0 Å². The van der Waals surface area contributed by atoms with Gasteiger partial charge in [0.1, 0.15) is 5.52 Å². The second kappa shape index (κ2) is 3.96. The number of hydrogen-bond donors (Lipinski definition) is 2. The molecule has 3 heterocycles. The molecular weight excluding hydrogens is 264 g/mol. The summed E-state index contributed by atoms with van der Waals surface area (Å²) >= 11 is 5.90. The highest BCUT2D eigenvalue weighted by Gasteiger charge is 2.25. The van der Waals surface area contributed by atoms with Gasteiger partial charge in [-0.05, 0) is 36.6 Å². The van der Waals surface area contributed by atoms with E-state index in [0.29, 0.717) is 11.7 Å². The third kappa shape index (κ3) is 1.94. The van der Waals surface area contributed by atoms with Gasteiger partial charge >= 0.3 is 0 Å². The fraction of sp³-hybridized carbons (Fsp3) is 0.250. The minimum Gasteiger partial charge on any atom is -0.322 e. The van der Waals surface area contributed by atoms with E-state index in [1.807, 2.05) is 24.4 Å². The van der Waals surface area contributed by atoms with Gasteiger partial charge in [0, 0.05) is 23.9 Å². The maximum Gasteiger partial charge on any atom is 0.243 e. The topological polar surface area (TPSA) is 70.9 Å². The zero-order valence-electron chi connectivity index (χ0n) is 9.97. The van der Waals surface area contributed by atoms with Crippen LogP contribution in [0.3, 0.4) is 0 Å². The van der Waals surface area contributed by atoms with Crippen LogP contribution in [0, 0.1) is 0 Å². The van der Waals surface area contributed by atoms with Crippen molar-refractivity contribution in [3.05, 3.63) is 35.4 Å². The first-order chi connectivity index (χ1) is 9.29. The van der Waals surface area contributed by atoms with Crippen molar-refractivity contribution in [2.24, 2.45) is 0 Å². The predicted octanol–water partition coefficient (Wildman–Crippen LogP) is 2.73. The highest BCUT2D eigenvalue weighted by Crippen LogP contribution is 2.39. The number of anilines is 2. The van der Waals surface area contributed by atoms with Crippen LogP contribution in [0.25, 0.3) is 5.52 Å². The molecule has 6 nitrogen and oxygen atoms in total. The molecule has 0 atom stereocenters. The quantitative estimate of drug-likeness (QED) is 0.770. The Morgan fingerprint density at radius 2 is 2.32 bits per heavy atom. The minimum absolute atomic E-state index is 0.198. The number of nitrogens with zero attached hydrogens (tertiary/aromatic N) is 4. The number of aromatic nitrogens is 5. The maximum atomic E-state index is 5.90. The van der Waals surface area contributed by atoms with E-state index in [1.54, 1.807) is 4.52 Å². The molecule has 0 amide bonds. The van der Waals surface area contributed by atoms with E-state index in [4.69, 9.17) is 11.6 Å². The number of aromatic amines is 1. The molecule has 0 aromatic carbocycles. The molecule has 0 saturated heterocycles. The van der Waals surface area contributed by atoms with Crippen molar-refractivity contribution in [2.45, 2.75) is 18.8 Å². The van der Waals surface area contributed by atoms with E-state index in [2.05, 4.69) is 25.6 Å². The van der Waals surface area contributed by atoms with Crippen molar-refractivity contribution < 1.29 is 0 Å². The first-order valence-corrected chi connectivity index (χ1v) is 6.50. The monoisotopic (exact) mass is 274 g/mol. The van der Waals surface area contributed by atoms with Gasteiger partial charge in [0.2, 0.25) is 5.28 Å². The Kier molecular flexibility index (Phi) is 2.25. The molecule has 1 fully saturated rings. The average molecular weight is 275 g/mol. The van der Waals surface area contributed by atoms with Gasteiger partial charge in [-0.3, -0.25) is 5.10 Å². The Morgan fingerprint density at radius 3 is 3.16 bits per heavy atom. The second-order valence-corrected chi connectivity index (χ2v) is 5.01. The van der Waals surface area contributed by atoms with Crippen LogP contribution in [0.1, 0.15) is 24.5 Å². The Morgan fingerprint density at radius 1 is 1.42 bits per heavy atom. The standard InChI is InChI=1S/C12H11ClN6/c13-12-15-11(9-2-1-5-19(9)18-12)14-10-6-8(16-17-10)7-3-4-7/h1-2,5-7H,3-4H2,(H2,14,15,16,17,18). The molecule has 0 unspecified atom stereocenters. The van der Waals surface area contributed by atoms with Crippen LogP contribution in [0.2, 0.25) is 5.28 Å². The van der Waals surface area contributed by atoms with Crippen LogP contribution in [0.5, 0.6) is 0 Å². The lowest BCUT2D eigenvalue weighted by molar-refractivity contribution is 0.906. The van der Waals surface area contributed by atoms with Crippen molar-refractivity contribution in [3.63, 3.8) is 0 Å². The van der Waals surface area contributed by atoms with Crippen LogP contribution in [0.15, 0.2) is 24.4 Å². The summed E-state index contributed by atoms with van der Waals surface area (Å²) in [4.78, 5) is 4.21. The molecule has 7 heteroatoms. The third-order valence-electron chi connectivity index (χ3n) is 3.23. The van der Waals surface area contributed by atoms with Gasteiger partial charge < -0.3 is 5.32 Å². The van der Waals surface area contributed by atoms with E-state index < -0.39 is 0 Å². The summed E-state index contributed by atoms with van der Waals surface area (Å²) in [5, 5.41) is 14.8. The highest BCUT2D eigenvalue weighted by molar-refractivity contribution is 6.28. The summed E-state index contributed by atoms with van der Waals surface area (Å²) in [6, 6.07) is 5.84. The Balaban J connectivity index is 1.71. The molecule has 19 heavy (non-hydrogen) atoms. The number of hydrogen-bond acceptors (Lipinski definition) is 4. The summed E-state index contributed by atoms with van der Waals surface area (Å²) in [6.07, 6.45) is 4.31. The Hall–Kier alpha value is -2.08. The third-order valence-corrected chi connectivity index (χ3v) is 3.39. The molecule has 96 valence electrons. The second-order valence-electron chi connectivity index (χ2n) is 4.68. The van der Waals surface area contributed by atoms with Gasteiger partial charge in [-0.15, -0.1) is 5.10 Å². The SMILES string of the molecule is Clc1nc(Nc2cc(C3CC3)[nH]n2)c2cccn2n1. The Labute approximate surface area is 113 Å². The first kappa shape index (κ1) is 10.8. The molecule has 0 aliphatic heterocycles. The lowest BCUT2D eigenvalue weighted by Gasteiger charge is -2.04. The molecule has 1 saturated carbocycles. The van der Waals surface area contributed by atoms with E-state index in [0.717, 1.165) is 11.3 Å². The minimum atomic E-state index is 0.198. The molecule has 0 bridgehead atoms. The number of fused-ring (bicyclic) bond motifs is 1. The zero-order valence-corrected chi connectivity index (χ0v) is 10.7. The molecule has 4 rings (SSSR count). The molecule has 1 aliphatic carbocycles. The maximum absolute atomic E-state index is 5.90. The largest absolute Gasteiger partial charge is 0.322 e. The van der Waals surface area contributed by atoms with Gasteiger partial charge in [0.25, 0.3) is 0 Å². The van der Waals surface area contributed by atoms with Gasteiger partial charge in [-0.2, -0.15) is 10.1 Å². The molecular formula is C12H11ClN6. The van der Waals surface area contributed by atoms with E-state index in [-0.39, 0.29) is 5.28 Å². The van der Waals surface area contributed by atoms with E-state index in [1.165, 1.54) is 18.5 Å². The number of nitrogens with one attached hydrogen (secondary N) is 2. The summed E-state index contributed by atoms with van der Waals surface area (Å²) < 4.78 is 1.69. The van der Waals surface area contributed by atoms with Gasteiger partial charge in [-0.1, -0.05) is 0 Å². The molecule has 2 N–H and O–H groups in total. The highest BCUT2D eigenvalue weighted by atomic mass is 35.5. The van der Waals surface area contributed by atoms with Crippen molar-refractivity contribution in [1.29, 1.82) is 0 Å². The predicted molar refractivity (Wildman–Crippen MR) is 71.8 cm³/mol. The van der Waals surface area contributed by atoms with Crippen LogP contribution in [-0.4, -0.2) is 24.8 Å². The number of H-pyrrole nitrogens is 1. The smallest absolute Gasteiger partial charge is 0.243 e. The summed E-state index contributed by atoms with van der Waals surface area (Å²) in [5.41, 5.74) is 2.04. The van der Waals surface area contributed by atoms with Gasteiger partial charge in [0.15, 0.2) is 11.6 Å². The number of rotatable bonds is 3. The molecule has 3 aromatic rings. The van der Waals surface area contributed by atoms with Crippen LogP contribution >= 0.6 is 11.6 Å². The van der Waals surface area contributed by atoms with Crippen LogP contribution in [0.4, 0.5) is 11.6 Å². The van der Waals surface area contributed by atoms with Crippen molar-refractivity contribution in [3.8, 4) is 0 Å². The average Bonchev–Trinajstić information content (AvgIpc) is 2.95.